The van der Waals surface area contributed by atoms with E-state index < -0.39 is 34.5 Å². The summed E-state index contributed by atoms with van der Waals surface area (Å²) in [6.45, 7) is 2.44. The molecule has 10 heteroatoms. The molecule has 1 N–H and O–H groups in total. The van der Waals surface area contributed by atoms with E-state index >= 15 is 0 Å². The third-order valence-electron chi connectivity index (χ3n) is 5.03. The summed E-state index contributed by atoms with van der Waals surface area (Å²) in [5.74, 6) is 0. The monoisotopic (exact) mass is 446 g/mol. The number of ether oxygens (including phenoxy) is 3. The van der Waals surface area contributed by atoms with Gasteiger partial charge >= 0.3 is 0 Å². The predicted molar refractivity (Wildman–Crippen MR) is 115 cm³/mol. The molecule has 2 aromatic rings. The molecule has 4 atom stereocenters. The van der Waals surface area contributed by atoms with Gasteiger partial charge in [0.1, 0.15) is 0 Å². The lowest BCUT2D eigenvalue weighted by Gasteiger charge is -2.39. The second-order valence-electron chi connectivity index (χ2n) is 7.33. The summed E-state index contributed by atoms with van der Waals surface area (Å²) in [5, 5.41) is 3.81. The van der Waals surface area contributed by atoms with Crippen LogP contribution in [-0.2, 0) is 30.8 Å². The highest BCUT2D eigenvalue weighted by molar-refractivity contribution is 7.89. The van der Waals surface area contributed by atoms with Crippen LogP contribution in [0.4, 0.5) is 0 Å². The van der Waals surface area contributed by atoms with Crippen LogP contribution in [0.2, 0.25) is 0 Å². The minimum Gasteiger partial charge on any atom is -0.374 e. The van der Waals surface area contributed by atoms with Crippen molar-refractivity contribution in [1.82, 2.24) is 4.72 Å². The number of nitrogens with zero attached hydrogens (tertiary/aromatic N) is 3. The van der Waals surface area contributed by atoms with Gasteiger partial charge < -0.3 is 14.2 Å². The van der Waals surface area contributed by atoms with Crippen LogP contribution in [0.3, 0.4) is 0 Å². The summed E-state index contributed by atoms with van der Waals surface area (Å²) >= 11 is 0. The van der Waals surface area contributed by atoms with Crippen molar-refractivity contribution in [1.29, 1.82) is 0 Å². The van der Waals surface area contributed by atoms with Crippen LogP contribution in [0.15, 0.2) is 64.6 Å². The van der Waals surface area contributed by atoms with Gasteiger partial charge in [-0.15, -0.1) is 0 Å². The number of rotatable bonds is 9. The van der Waals surface area contributed by atoms with Crippen molar-refractivity contribution >= 4 is 10.0 Å². The average molecular weight is 447 g/mol. The maximum atomic E-state index is 12.8. The predicted octanol–water partition coefficient (Wildman–Crippen LogP) is 3.30. The molecule has 0 saturated carbocycles. The summed E-state index contributed by atoms with van der Waals surface area (Å²) in [5.41, 5.74) is 10.9. The summed E-state index contributed by atoms with van der Waals surface area (Å²) in [4.78, 5) is 3.04. The molecule has 1 aliphatic rings. The number of hydrogen-bond acceptors (Lipinski definition) is 6. The Morgan fingerprint density at radius 1 is 1.19 bits per heavy atom. The fourth-order valence-corrected chi connectivity index (χ4v) is 4.63. The van der Waals surface area contributed by atoms with Crippen molar-refractivity contribution in [3.05, 3.63) is 76.2 Å². The van der Waals surface area contributed by atoms with Crippen molar-refractivity contribution in [2.75, 3.05) is 13.7 Å². The van der Waals surface area contributed by atoms with Crippen LogP contribution < -0.4 is 4.72 Å². The zero-order chi connectivity index (χ0) is 22.3. The molecule has 1 heterocycles. The fourth-order valence-electron chi connectivity index (χ4n) is 3.39. The first-order valence-electron chi connectivity index (χ1n) is 9.86. The first kappa shape index (κ1) is 23.2. The van der Waals surface area contributed by atoms with Crippen LogP contribution in [0.1, 0.15) is 17.5 Å². The highest BCUT2D eigenvalue weighted by Gasteiger charge is 2.40. The highest BCUT2D eigenvalue weighted by Crippen LogP contribution is 2.26. The topological polar surface area (TPSA) is 123 Å². The van der Waals surface area contributed by atoms with Crippen molar-refractivity contribution < 1.29 is 22.6 Å². The SMILES string of the molecule is CO[C@@H]1OC(COCc2ccccc2)[C@H](N=[N+]=[N-])CC1NS(=O)(=O)c1ccc(C)cc1. The van der Waals surface area contributed by atoms with Gasteiger partial charge in [-0.05, 0) is 36.6 Å². The molecule has 0 radical (unpaired) electrons. The van der Waals surface area contributed by atoms with Gasteiger partial charge in [0.15, 0.2) is 6.29 Å². The van der Waals surface area contributed by atoms with Gasteiger partial charge in [0, 0.05) is 12.0 Å². The van der Waals surface area contributed by atoms with E-state index in [1.807, 2.05) is 37.3 Å². The van der Waals surface area contributed by atoms with Gasteiger partial charge in [-0.25, -0.2) is 13.1 Å². The molecule has 31 heavy (non-hydrogen) atoms. The molecule has 1 aliphatic heterocycles. The minimum absolute atomic E-state index is 0.140. The van der Waals surface area contributed by atoms with Crippen molar-refractivity contribution in [3.63, 3.8) is 0 Å². The van der Waals surface area contributed by atoms with Gasteiger partial charge in [0.2, 0.25) is 10.0 Å². The first-order chi connectivity index (χ1) is 14.9. The van der Waals surface area contributed by atoms with Gasteiger partial charge in [0.25, 0.3) is 0 Å². The van der Waals surface area contributed by atoms with E-state index in [0.717, 1.165) is 11.1 Å². The second-order valence-corrected chi connectivity index (χ2v) is 9.04. The number of hydrogen-bond donors (Lipinski definition) is 1. The summed E-state index contributed by atoms with van der Waals surface area (Å²) in [7, 11) is -2.37. The smallest absolute Gasteiger partial charge is 0.240 e. The number of methoxy groups -OCH3 is 1. The molecule has 0 aliphatic carbocycles. The van der Waals surface area contributed by atoms with E-state index in [9.17, 15) is 8.42 Å². The summed E-state index contributed by atoms with van der Waals surface area (Å²) in [6, 6.07) is 14.8. The molecule has 166 valence electrons. The van der Waals surface area contributed by atoms with Crippen LogP contribution in [0, 0.1) is 6.92 Å². The molecule has 1 fully saturated rings. The lowest BCUT2D eigenvalue weighted by Crippen LogP contribution is -2.55. The molecule has 1 saturated heterocycles. The number of nitrogens with one attached hydrogen (secondary N) is 1. The van der Waals surface area contributed by atoms with Crippen LogP contribution in [0.25, 0.3) is 10.4 Å². The number of sulfonamides is 1. The Kier molecular flexibility index (Phi) is 8.03. The Balaban J connectivity index is 1.68. The fraction of sp³-hybridized carbons (Fsp3) is 0.429. The Bertz CT molecular complexity index is 994. The Hall–Kier alpha value is -2.46. The molecule has 0 spiro atoms. The zero-order valence-electron chi connectivity index (χ0n) is 17.4. The van der Waals surface area contributed by atoms with Crippen LogP contribution in [-0.4, -0.2) is 46.6 Å². The first-order valence-corrected chi connectivity index (χ1v) is 11.3. The molecular weight excluding hydrogens is 420 g/mol. The minimum atomic E-state index is -3.80. The normalized spacial score (nSPS) is 23.8. The standard InChI is InChI=1S/C21H26N4O5S/c1-15-8-10-17(11-9-15)31(26,27)24-19-12-18(23-25-22)20(30-21(19)28-2)14-29-13-16-6-4-3-5-7-16/h3-11,18-21,24H,12-14H2,1-2H3/t18-,19?,20?,21-/m1/s1. The van der Waals surface area contributed by atoms with E-state index in [-0.39, 0.29) is 17.9 Å². The third kappa shape index (κ3) is 6.27. The molecule has 2 aromatic carbocycles. The van der Waals surface area contributed by atoms with E-state index in [2.05, 4.69) is 14.7 Å². The molecule has 9 nitrogen and oxygen atoms in total. The summed E-state index contributed by atoms with van der Waals surface area (Å²) in [6.07, 6.45) is -1.20. The lowest BCUT2D eigenvalue weighted by molar-refractivity contribution is -0.209. The Labute approximate surface area is 182 Å². The maximum Gasteiger partial charge on any atom is 0.240 e. The third-order valence-corrected chi connectivity index (χ3v) is 6.53. The van der Waals surface area contributed by atoms with E-state index in [4.69, 9.17) is 19.7 Å². The Morgan fingerprint density at radius 3 is 2.55 bits per heavy atom. The van der Waals surface area contributed by atoms with E-state index in [1.165, 1.54) is 19.2 Å². The molecule has 3 rings (SSSR count). The van der Waals surface area contributed by atoms with Crippen molar-refractivity contribution in [2.45, 2.75) is 49.3 Å². The van der Waals surface area contributed by atoms with Crippen LogP contribution in [0.5, 0.6) is 0 Å². The van der Waals surface area contributed by atoms with E-state index in [1.54, 1.807) is 12.1 Å². The number of azide groups is 1. The zero-order valence-corrected chi connectivity index (χ0v) is 18.2. The van der Waals surface area contributed by atoms with Gasteiger partial charge in [-0.2, -0.15) is 0 Å². The van der Waals surface area contributed by atoms with Gasteiger partial charge in [0.05, 0.1) is 36.3 Å². The quantitative estimate of drug-likeness (QED) is 0.360. The highest BCUT2D eigenvalue weighted by atomic mass is 32.2. The second kappa shape index (κ2) is 10.7. The van der Waals surface area contributed by atoms with Crippen LogP contribution >= 0.6 is 0 Å². The van der Waals surface area contributed by atoms with Gasteiger partial charge in [-0.1, -0.05) is 53.1 Å². The molecule has 0 aromatic heterocycles. The maximum absolute atomic E-state index is 12.8. The van der Waals surface area contributed by atoms with E-state index in [0.29, 0.717) is 6.61 Å². The Morgan fingerprint density at radius 2 is 1.90 bits per heavy atom. The molecule has 2 unspecified atom stereocenters. The van der Waals surface area contributed by atoms with Crippen molar-refractivity contribution in [3.8, 4) is 0 Å². The summed E-state index contributed by atoms with van der Waals surface area (Å²) < 4.78 is 45.3. The largest absolute Gasteiger partial charge is 0.374 e. The molecule has 0 bridgehead atoms. The molecular formula is C21H26N4O5S. The molecule has 0 amide bonds. The number of benzene rings is 2. The number of aryl methyl sites for hydroxylation is 1. The average Bonchev–Trinajstić information content (AvgIpc) is 2.76. The van der Waals surface area contributed by atoms with Gasteiger partial charge in [-0.3, -0.25) is 0 Å². The lowest BCUT2D eigenvalue weighted by atomic mass is 9.99. The van der Waals surface area contributed by atoms with Crippen molar-refractivity contribution in [2.24, 2.45) is 5.11 Å².